The number of piperidine rings is 1. The van der Waals surface area contributed by atoms with E-state index in [0.717, 1.165) is 48.2 Å². The lowest BCUT2D eigenvalue weighted by Crippen LogP contribution is -2.44. The summed E-state index contributed by atoms with van der Waals surface area (Å²) in [5, 5.41) is 17.0. The Labute approximate surface area is 180 Å². The van der Waals surface area contributed by atoms with Gasteiger partial charge < -0.3 is 9.80 Å². The molecule has 0 bridgehead atoms. The van der Waals surface area contributed by atoms with Gasteiger partial charge in [0.2, 0.25) is 0 Å². The van der Waals surface area contributed by atoms with Gasteiger partial charge in [0.25, 0.3) is 5.91 Å². The van der Waals surface area contributed by atoms with Gasteiger partial charge in [0, 0.05) is 30.1 Å². The van der Waals surface area contributed by atoms with Gasteiger partial charge in [-0.05, 0) is 57.3 Å². The number of H-pyrrole nitrogens is 1. The second-order valence-corrected chi connectivity index (χ2v) is 8.20. The quantitative estimate of drug-likeness (QED) is 0.554. The van der Waals surface area contributed by atoms with Crippen molar-refractivity contribution in [2.45, 2.75) is 18.9 Å². The monoisotopic (exact) mass is 415 g/mol. The number of benzene rings is 2. The van der Waals surface area contributed by atoms with Crippen molar-refractivity contribution in [2.75, 3.05) is 27.2 Å². The van der Waals surface area contributed by atoms with Crippen LogP contribution in [0.4, 0.5) is 0 Å². The van der Waals surface area contributed by atoms with Crippen molar-refractivity contribution in [1.29, 1.82) is 0 Å². The number of likely N-dealkylation sites (tertiary alicyclic amines) is 1. The summed E-state index contributed by atoms with van der Waals surface area (Å²) in [7, 11) is 4.20. The fourth-order valence-corrected chi connectivity index (χ4v) is 4.18. The maximum Gasteiger partial charge on any atom is 0.253 e. The van der Waals surface area contributed by atoms with E-state index in [1.54, 1.807) is 4.68 Å². The fourth-order valence-electron chi connectivity index (χ4n) is 4.18. The zero-order valence-electron chi connectivity index (χ0n) is 17.7. The summed E-state index contributed by atoms with van der Waals surface area (Å²) < 4.78 is 1.70. The molecule has 5 rings (SSSR count). The molecular formula is C23H25N7O. The minimum absolute atomic E-state index is 0.0889. The summed E-state index contributed by atoms with van der Waals surface area (Å²) in [6.45, 7) is 1.60. The highest BCUT2D eigenvalue weighted by molar-refractivity contribution is 5.94. The van der Waals surface area contributed by atoms with Crippen molar-refractivity contribution in [2.24, 2.45) is 0 Å². The van der Waals surface area contributed by atoms with Crippen LogP contribution in [0.2, 0.25) is 0 Å². The summed E-state index contributed by atoms with van der Waals surface area (Å²) in [5.41, 5.74) is 3.98. The van der Waals surface area contributed by atoms with Crippen LogP contribution < -0.4 is 0 Å². The van der Waals surface area contributed by atoms with E-state index >= 15 is 0 Å². The van der Waals surface area contributed by atoms with E-state index in [0.29, 0.717) is 17.3 Å². The molecule has 0 spiro atoms. The number of hydrogen-bond donors (Lipinski definition) is 1. The first kappa shape index (κ1) is 19.4. The molecule has 0 aliphatic carbocycles. The molecule has 8 nitrogen and oxygen atoms in total. The molecule has 31 heavy (non-hydrogen) atoms. The lowest BCUT2D eigenvalue weighted by atomic mass is 10.0. The van der Waals surface area contributed by atoms with E-state index in [1.807, 2.05) is 59.6 Å². The number of aromatic nitrogens is 5. The molecule has 1 saturated heterocycles. The number of nitrogens with one attached hydrogen (secondary N) is 1. The Morgan fingerprint density at radius 3 is 2.55 bits per heavy atom. The van der Waals surface area contributed by atoms with Crippen molar-refractivity contribution in [3.05, 3.63) is 60.3 Å². The Morgan fingerprint density at radius 2 is 1.81 bits per heavy atom. The molecule has 3 heterocycles. The predicted octanol–water partition coefficient (Wildman–Crippen LogP) is 2.98. The smallest absolute Gasteiger partial charge is 0.253 e. The van der Waals surface area contributed by atoms with E-state index < -0.39 is 0 Å². The number of para-hydroxylation sites is 1. The SMILES string of the molecule is CN(C)C1CCN(C(=O)c2ccc(-n3cc(-c4n[nH]c5ccccc45)nn3)cc2)CC1. The van der Waals surface area contributed by atoms with Crippen molar-refractivity contribution >= 4 is 16.8 Å². The normalized spacial score (nSPS) is 15.1. The number of fused-ring (bicyclic) bond motifs is 1. The van der Waals surface area contributed by atoms with Gasteiger partial charge in [-0.1, -0.05) is 23.4 Å². The maximum absolute atomic E-state index is 12.9. The minimum atomic E-state index is 0.0889. The number of aromatic amines is 1. The molecule has 158 valence electrons. The summed E-state index contributed by atoms with van der Waals surface area (Å²) >= 11 is 0. The first-order valence-electron chi connectivity index (χ1n) is 10.5. The molecule has 4 aromatic rings. The molecular weight excluding hydrogens is 390 g/mol. The molecule has 1 aliphatic rings. The van der Waals surface area contributed by atoms with Crippen LogP contribution in [0.5, 0.6) is 0 Å². The highest BCUT2D eigenvalue weighted by Gasteiger charge is 2.24. The Morgan fingerprint density at radius 1 is 1.06 bits per heavy atom. The van der Waals surface area contributed by atoms with E-state index in [-0.39, 0.29) is 5.91 Å². The average molecular weight is 416 g/mol. The van der Waals surface area contributed by atoms with Crippen LogP contribution in [0.1, 0.15) is 23.2 Å². The predicted molar refractivity (Wildman–Crippen MR) is 119 cm³/mol. The van der Waals surface area contributed by atoms with E-state index in [4.69, 9.17) is 0 Å². The molecule has 0 unspecified atom stereocenters. The van der Waals surface area contributed by atoms with Crippen molar-refractivity contribution in [1.82, 2.24) is 35.0 Å². The zero-order valence-corrected chi connectivity index (χ0v) is 17.7. The molecule has 1 amide bonds. The maximum atomic E-state index is 12.9. The molecule has 0 saturated carbocycles. The van der Waals surface area contributed by atoms with Crippen LogP contribution in [0.15, 0.2) is 54.7 Å². The van der Waals surface area contributed by atoms with Gasteiger partial charge in [-0.25, -0.2) is 4.68 Å². The lowest BCUT2D eigenvalue weighted by Gasteiger charge is -2.35. The van der Waals surface area contributed by atoms with E-state index in [1.165, 1.54) is 0 Å². The molecule has 2 aromatic carbocycles. The number of amides is 1. The number of rotatable bonds is 4. The molecule has 0 radical (unpaired) electrons. The average Bonchev–Trinajstić information content (AvgIpc) is 3.46. The lowest BCUT2D eigenvalue weighted by molar-refractivity contribution is 0.0663. The summed E-state index contributed by atoms with van der Waals surface area (Å²) in [5.74, 6) is 0.0889. The van der Waals surface area contributed by atoms with E-state index in [2.05, 4.69) is 39.5 Å². The second kappa shape index (κ2) is 7.96. The number of carbonyl (C=O) groups excluding carboxylic acids is 1. The van der Waals surface area contributed by atoms with Gasteiger partial charge in [0.05, 0.1) is 17.4 Å². The van der Waals surface area contributed by atoms with Crippen LogP contribution in [0.3, 0.4) is 0 Å². The van der Waals surface area contributed by atoms with Gasteiger partial charge in [-0.15, -0.1) is 5.10 Å². The van der Waals surface area contributed by atoms with Crippen molar-refractivity contribution in [3.63, 3.8) is 0 Å². The van der Waals surface area contributed by atoms with Gasteiger partial charge >= 0.3 is 0 Å². The molecule has 8 heteroatoms. The van der Waals surface area contributed by atoms with Crippen molar-refractivity contribution < 1.29 is 4.79 Å². The van der Waals surface area contributed by atoms with Crippen LogP contribution >= 0.6 is 0 Å². The number of nitrogens with zero attached hydrogens (tertiary/aromatic N) is 6. The summed E-state index contributed by atoms with van der Waals surface area (Å²) in [6, 6.07) is 16.0. The number of carbonyl (C=O) groups is 1. The van der Waals surface area contributed by atoms with Crippen molar-refractivity contribution in [3.8, 4) is 17.1 Å². The highest BCUT2D eigenvalue weighted by Crippen LogP contribution is 2.25. The third-order valence-electron chi connectivity index (χ3n) is 6.07. The Hall–Kier alpha value is -3.52. The molecule has 1 aliphatic heterocycles. The first-order valence-corrected chi connectivity index (χ1v) is 10.5. The zero-order chi connectivity index (χ0) is 21.4. The highest BCUT2D eigenvalue weighted by atomic mass is 16.2. The molecule has 1 N–H and O–H groups in total. The van der Waals surface area contributed by atoms with Crippen LogP contribution in [-0.4, -0.2) is 74.1 Å². The minimum Gasteiger partial charge on any atom is -0.339 e. The van der Waals surface area contributed by atoms with Crippen LogP contribution in [0.25, 0.3) is 28.0 Å². The third-order valence-corrected chi connectivity index (χ3v) is 6.07. The Balaban J connectivity index is 1.31. The van der Waals surface area contributed by atoms with Gasteiger partial charge in [0.15, 0.2) is 0 Å². The second-order valence-electron chi connectivity index (χ2n) is 8.20. The fraction of sp³-hybridized carbons (Fsp3) is 0.304. The topological polar surface area (TPSA) is 82.9 Å². The van der Waals surface area contributed by atoms with E-state index in [9.17, 15) is 4.79 Å². The number of hydrogen-bond acceptors (Lipinski definition) is 5. The van der Waals surface area contributed by atoms with Gasteiger partial charge in [-0.2, -0.15) is 5.10 Å². The standard InChI is InChI=1S/C23H25N7O/c1-28(2)17-11-13-29(14-12-17)23(31)16-7-9-18(10-8-16)30-15-21(25-27-30)22-19-5-3-4-6-20(19)24-26-22/h3-10,15,17H,11-14H2,1-2H3,(H,24,26). The van der Waals surface area contributed by atoms with Crippen LogP contribution in [0, 0.1) is 0 Å². The Bertz CT molecular complexity index is 1200. The molecule has 2 aromatic heterocycles. The summed E-state index contributed by atoms with van der Waals surface area (Å²) in [4.78, 5) is 17.1. The van der Waals surface area contributed by atoms with Gasteiger partial charge in [-0.3, -0.25) is 9.89 Å². The Kier molecular flexibility index (Phi) is 4.99. The third kappa shape index (κ3) is 3.70. The van der Waals surface area contributed by atoms with Crippen LogP contribution in [-0.2, 0) is 0 Å². The van der Waals surface area contributed by atoms with Gasteiger partial charge in [0.1, 0.15) is 11.4 Å². The first-order chi connectivity index (χ1) is 15.1. The largest absolute Gasteiger partial charge is 0.339 e. The molecule has 1 fully saturated rings. The molecule has 0 atom stereocenters. The summed E-state index contributed by atoms with van der Waals surface area (Å²) in [6.07, 6.45) is 3.88.